The predicted molar refractivity (Wildman–Crippen MR) is 77.0 cm³/mol. The second kappa shape index (κ2) is 5.93. The molecule has 110 valence electrons. The highest BCUT2D eigenvalue weighted by molar-refractivity contribution is 6.29. The van der Waals surface area contributed by atoms with Crippen molar-refractivity contribution in [3.8, 4) is 0 Å². The van der Waals surface area contributed by atoms with Gasteiger partial charge in [-0.2, -0.15) is 0 Å². The largest absolute Gasteiger partial charge is 0.388 e. The monoisotopic (exact) mass is 299 g/mol. The van der Waals surface area contributed by atoms with Crippen LogP contribution >= 0.6 is 11.6 Å². The number of nitrogens with zero attached hydrogens (tertiary/aromatic N) is 2. The van der Waals surface area contributed by atoms with Gasteiger partial charge in [-0.3, -0.25) is 10.1 Å². The Kier molecular flexibility index (Phi) is 4.45. The van der Waals surface area contributed by atoms with Crippen molar-refractivity contribution in [2.24, 2.45) is 5.92 Å². The van der Waals surface area contributed by atoms with Gasteiger partial charge in [0.15, 0.2) is 0 Å². The predicted octanol–water partition coefficient (Wildman–Crippen LogP) is 3.00. The van der Waals surface area contributed by atoms with Gasteiger partial charge in [0.2, 0.25) is 5.82 Å². The van der Waals surface area contributed by atoms with Gasteiger partial charge in [0, 0.05) is 12.6 Å². The molecule has 0 bridgehead atoms. The highest BCUT2D eigenvalue weighted by Gasteiger charge is 2.33. The zero-order chi connectivity index (χ0) is 14.8. The van der Waals surface area contributed by atoms with Crippen LogP contribution in [0, 0.1) is 16.0 Å². The van der Waals surface area contributed by atoms with E-state index in [1.165, 1.54) is 12.1 Å². The molecule has 1 saturated carbocycles. The van der Waals surface area contributed by atoms with E-state index in [-0.39, 0.29) is 23.2 Å². The molecule has 1 aliphatic rings. The Morgan fingerprint density at radius 3 is 3.05 bits per heavy atom. The first kappa shape index (κ1) is 15.0. The van der Waals surface area contributed by atoms with E-state index in [2.05, 4.69) is 17.2 Å². The van der Waals surface area contributed by atoms with Crippen molar-refractivity contribution >= 4 is 23.1 Å². The fraction of sp³-hybridized carbons (Fsp3) is 0.615. The number of halogens is 1. The average Bonchev–Trinajstić information content (AvgIpc) is 2.36. The zero-order valence-corrected chi connectivity index (χ0v) is 12.1. The number of aromatic nitrogens is 1. The van der Waals surface area contributed by atoms with E-state index in [9.17, 15) is 15.2 Å². The molecule has 0 amide bonds. The van der Waals surface area contributed by atoms with Gasteiger partial charge in [-0.25, -0.2) is 4.98 Å². The summed E-state index contributed by atoms with van der Waals surface area (Å²) in [6, 6.07) is 2.69. The van der Waals surface area contributed by atoms with Gasteiger partial charge in [-0.15, -0.1) is 0 Å². The highest BCUT2D eigenvalue weighted by atomic mass is 35.5. The molecule has 2 rings (SSSR count). The summed E-state index contributed by atoms with van der Waals surface area (Å²) in [4.78, 5) is 14.4. The summed E-state index contributed by atoms with van der Waals surface area (Å²) in [6.45, 7) is 2.34. The summed E-state index contributed by atoms with van der Waals surface area (Å²) in [5, 5.41) is 24.5. The number of aliphatic hydroxyl groups is 1. The minimum atomic E-state index is -0.838. The summed E-state index contributed by atoms with van der Waals surface area (Å²) < 4.78 is 0. The maximum Gasteiger partial charge on any atom is 0.311 e. The third-order valence-electron chi connectivity index (χ3n) is 3.69. The van der Waals surface area contributed by atoms with Crippen LogP contribution in [0.15, 0.2) is 12.1 Å². The van der Waals surface area contributed by atoms with Crippen LogP contribution in [0.5, 0.6) is 0 Å². The lowest BCUT2D eigenvalue weighted by Crippen LogP contribution is -2.41. The zero-order valence-electron chi connectivity index (χ0n) is 11.3. The van der Waals surface area contributed by atoms with Crippen LogP contribution in [0.2, 0.25) is 5.15 Å². The van der Waals surface area contributed by atoms with E-state index in [1.807, 2.05) is 0 Å². The van der Waals surface area contributed by atoms with Crippen molar-refractivity contribution in [2.45, 2.75) is 38.2 Å². The molecule has 2 N–H and O–H groups in total. The number of anilines is 1. The molecular formula is C13H18ClN3O3. The normalized spacial score (nSPS) is 26.2. The van der Waals surface area contributed by atoms with Gasteiger partial charge in [-0.05, 0) is 24.8 Å². The quantitative estimate of drug-likeness (QED) is 0.507. The maximum atomic E-state index is 10.9. The van der Waals surface area contributed by atoms with Crippen molar-refractivity contribution in [3.63, 3.8) is 0 Å². The van der Waals surface area contributed by atoms with Crippen molar-refractivity contribution in [1.82, 2.24) is 4.98 Å². The van der Waals surface area contributed by atoms with Crippen molar-refractivity contribution < 1.29 is 10.0 Å². The van der Waals surface area contributed by atoms with Gasteiger partial charge in [0.25, 0.3) is 0 Å². The number of nitro groups is 1. The maximum absolute atomic E-state index is 10.9. The Morgan fingerprint density at radius 1 is 1.65 bits per heavy atom. The summed E-state index contributed by atoms with van der Waals surface area (Å²) in [7, 11) is 0. The fourth-order valence-corrected chi connectivity index (χ4v) is 2.89. The average molecular weight is 300 g/mol. The fourth-order valence-electron chi connectivity index (χ4n) is 2.75. The van der Waals surface area contributed by atoms with Crippen molar-refractivity contribution in [2.75, 3.05) is 11.9 Å². The second-order valence-electron chi connectivity index (χ2n) is 5.54. The molecule has 6 nitrogen and oxygen atoms in total. The lowest BCUT2D eigenvalue weighted by molar-refractivity contribution is -0.384. The van der Waals surface area contributed by atoms with E-state index < -0.39 is 10.5 Å². The standard InChI is InChI=1S/C13H18ClN3O3/c1-9-3-2-6-13(18,7-9)8-15-12-10(17(19)20)4-5-11(14)16-12/h4-5,9,18H,2-3,6-8H2,1H3,(H,15,16). The van der Waals surface area contributed by atoms with Crippen molar-refractivity contribution in [3.05, 3.63) is 27.4 Å². The Hall–Kier alpha value is -1.40. The molecule has 0 aromatic carbocycles. The minimum absolute atomic E-state index is 0.106. The highest BCUT2D eigenvalue weighted by Crippen LogP contribution is 2.33. The molecule has 1 fully saturated rings. The van der Waals surface area contributed by atoms with Crippen LogP contribution in [0.25, 0.3) is 0 Å². The van der Waals surface area contributed by atoms with Crippen LogP contribution in [-0.2, 0) is 0 Å². The van der Waals surface area contributed by atoms with Crippen LogP contribution in [0.3, 0.4) is 0 Å². The van der Waals surface area contributed by atoms with Crippen LogP contribution in [0.4, 0.5) is 11.5 Å². The van der Waals surface area contributed by atoms with Crippen LogP contribution in [-0.4, -0.2) is 27.2 Å². The topological polar surface area (TPSA) is 88.3 Å². The molecule has 1 aromatic rings. The first-order valence-corrected chi connectivity index (χ1v) is 7.05. The number of pyridine rings is 1. The van der Waals surface area contributed by atoms with E-state index in [0.29, 0.717) is 18.8 Å². The summed E-state index contributed by atoms with van der Waals surface area (Å²) >= 11 is 5.76. The summed E-state index contributed by atoms with van der Waals surface area (Å²) in [5.41, 5.74) is -0.975. The molecule has 2 atom stereocenters. The van der Waals surface area contributed by atoms with Gasteiger partial charge in [0.05, 0.1) is 10.5 Å². The molecule has 0 saturated heterocycles. The number of nitrogens with one attached hydrogen (secondary N) is 1. The molecule has 1 heterocycles. The summed E-state index contributed by atoms with van der Waals surface area (Å²) in [5.74, 6) is 0.562. The molecule has 1 aliphatic carbocycles. The van der Waals surface area contributed by atoms with Gasteiger partial charge in [0.1, 0.15) is 5.15 Å². The Balaban J connectivity index is 2.10. The van der Waals surface area contributed by atoms with Gasteiger partial charge < -0.3 is 10.4 Å². The lowest BCUT2D eigenvalue weighted by Gasteiger charge is -2.35. The van der Waals surface area contributed by atoms with Gasteiger partial charge in [-0.1, -0.05) is 31.4 Å². The Morgan fingerprint density at radius 2 is 2.40 bits per heavy atom. The molecule has 2 unspecified atom stereocenters. The molecule has 0 radical (unpaired) electrons. The number of hydrogen-bond donors (Lipinski definition) is 2. The summed E-state index contributed by atoms with van der Waals surface area (Å²) in [6.07, 6.45) is 3.45. The smallest absolute Gasteiger partial charge is 0.311 e. The SMILES string of the molecule is CC1CCCC(O)(CNc2nc(Cl)ccc2[N+](=O)[O-])C1. The molecule has 1 aromatic heterocycles. The van der Waals surface area contributed by atoms with E-state index in [1.54, 1.807) is 0 Å². The Bertz CT molecular complexity index is 512. The van der Waals surface area contributed by atoms with Crippen LogP contribution in [0.1, 0.15) is 32.6 Å². The molecule has 0 spiro atoms. The van der Waals surface area contributed by atoms with Crippen molar-refractivity contribution in [1.29, 1.82) is 0 Å². The molecule has 7 heteroatoms. The minimum Gasteiger partial charge on any atom is -0.388 e. The Labute approximate surface area is 122 Å². The molecule has 0 aliphatic heterocycles. The number of hydrogen-bond acceptors (Lipinski definition) is 5. The molecular weight excluding hydrogens is 282 g/mol. The van der Waals surface area contributed by atoms with Crippen LogP contribution < -0.4 is 5.32 Å². The van der Waals surface area contributed by atoms with Gasteiger partial charge >= 0.3 is 5.69 Å². The first-order valence-electron chi connectivity index (χ1n) is 6.67. The molecule has 20 heavy (non-hydrogen) atoms. The second-order valence-corrected chi connectivity index (χ2v) is 5.93. The van der Waals surface area contributed by atoms with E-state index in [4.69, 9.17) is 11.6 Å². The van der Waals surface area contributed by atoms with E-state index >= 15 is 0 Å². The third-order valence-corrected chi connectivity index (χ3v) is 3.90. The third kappa shape index (κ3) is 3.58. The number of rotatable bonds is 4. The lowest BCUT2D eigenvalue weighted by atomic mass is 9.79. The first-order chi connectivity index (χ1) is 9.39. The van der Waals surface area contributed by atoms with E-state index in [0.717, 1.165) is 12.8 Å².